The summed E-state index contributed by atoms with van der Waals surface area (Å²) < 4.78 is 5.24. The average Bonchev–Trinajstić information content (AvgIpc) is 2.85. The van der Waals surface area contributed by atoms with Crippen LogP contribution >= 0.6 is 11.6 Å². The molecule has 1 N–H and O–H groups in total. The van der Waals surface area contributed by atoms with Gasteiger partial charge < -0.3 is 9.73 Å². The zero-order valence-electron chi connectivity index (χ0n) is 11.9. The molecular weight excluding hydrogens is 308 g/mol. The SMILES string of the molecule is C/C(=C\C(=O)c1ccc(C)o1)Nc1ccc([N+](=O)[O-])c(Cl)c1. The zero-order valence-corrected chi connectivity index (χ0v) is 12.7. The highest BCUT2D eigenvalue weighted by atomic mass is 35.5. The Morgan fingerprint density at radius 3 is 2.64 bits per heavy atom. The van der Waals surface area contributed by atoms with Crippen molar-refractivity contribution >= 4 is 28.8 Å². The highest BCUT2D eigenvalue weighted by Crippen LogP contribution is 2.27. The largest absolute Gasteiger partial charge is 0.458 e. The minimum atomic E-state index is -0.558. The van der Waals surface area contributed by atoms with E-state index in [-0.39, 0.29) is 22.3 Å². The third-order valence-electron chi connectivity index (χ3n) is 2.82. The molecule has 1 aromatic carbocycles. The van der Waals surface area contributed by atoms with Crippen LogP contribution in [0.2, 0.25) is 5.02 Å². The topological polar surface area (TPSA) is 85.4 Å². The number of aryl methyl sites for hydroxylation is 1. The second kappa shape index (κ2) is 6.44. The van der Waals surface area contributed by atoms with Gasteiger partial charge in [0.2, 0.25) is 5.78 Å². The fraction of sp³-hybridized carbons (Fsp3) is 0.133. The van der Waals surface area contributed by atoms with E-state index < -0.39 is 4.92 Å². The highest BCUT2D eigenvalue weighted by molar-refractivity contribution is 6.32. The Bertz CT molecular complexity index is 765. The monoisotopic (exact) mass is 320 g/mol. The van der Waals surface area contributed by atoms with E-state index >= 15 is 0 Å². The summed E-state index contributed by atoms with van der Waals surface area (Å²) >= 11 is 5.83. The number of carbonyl (C=O) groups is 1. The average molecular weight is 321 g/mol. The molecule has 0 saturated heterocycles. The van der Waals surface area contributed by atoms with Crippen LogP contribution in [0, 0.1) is 17.0 Å². The first-order chi connectivity index (χ1) is 10.4. The van der Waals surface area contributed by atoms with Crippen LogP contribution < -0.4 is 5.32 Å². The first kappa shape index (κ1) is 15.8. The van der Waals surface area contributed by atoms with E-state index in [2.05, 4.69) is 5.32 Å². The quantitative estimate of drug-likeness (QED) is 0.383. The normalized spacial score (nSPS) is 11.3. The predicted octanol–water partition coefficient (Wildman–Crippen LogP) is 4.35. The third-order valence-corrected chi connectivity index (χ3v) is 3.12. The third kappa shape index (κ3) is 3.73. The Hall–Kier alpha value is -2.60. The van der Waals surface area contributed by atoms with Gasteiger partial charge in [0.15, 0.2) is 5.76 Å². The van der Waals surface area contributed by atoms with Crippen LogP contribution in [0.4, 0.5) is 11.4 Å². The molecule has 0 fully saturated rings. The van der Waals surface area contributed by atoms with Gasteiger partial charge in [-0.3, -0.25) is 14.9 Å². The van der Waals surface area contributed by atoms with Crippen molar-refractivity contribution in [3.8, 4) is 0 Å². The number of carbonyl (C=O) groups excluding carboxylic acids is 1. The molecule has 22 heavy (non-hydrogen) atoms. The van der Waals surface area contributed by atoms with Crippen LogP contribution in [-0.2, 0) is 0 Å². The van der Waals surface area contributed by atoms with Crippen LogP contribution in [0.5, 0.6) is 0 Å². The van der Waals surface area contributed by atoms with Crippen molar-refractivity contribution in [2.75, 3.05) is 5.32 Å². The van der Waals surface area contributed by atoms with Gasteiger partial charge in [0.25, 0.3) is 5.69 Å². The minimum Gasteiger partial charge on any atom is -0.458 e. The summed E-state index contributed by atoms with van der Waals surface area (Å²) in [4.78, 5) is 22.1. The Kier molecular flexibility index (Phi) is 4.62. The second-order valence-electron chi connectivity index (χ2n) is 4.65. The molecule has 1 aromatic heterocycles. The van der Waals surface area contributed by atoms with Crippen LogP contribution in [-0.4, -0.2) is 10.7 Å². The second-order valence-corrected chi connectivity index (χ2v) is 5.06. The molecule has 0 saturated carbocycles. The number of hydrogen-bond donors (Lipinski definition) is 1. The van der Waals surface area contributed by atoms with E-state index in [0.717, 1.165) is 0 Å². The molecule has 2 rings (SSSR count). The minimum absolute atomic E-state index is 0.0239. The number of anilines is 1. The predicted molar refractivity (Wildman–Crippen MR) is 83.3 cm³/mol. The molecule has 6 nitrogen and oxygen atoms in total. The molecule has 0 spiro atoms. The number of nitro benzene ring substituents is 1. The molecule has 1 heterocycles. The Morgan fingerprint density at radius 1 is 1.36 bits per heavy atom. The Morgan fingerprint density at radius 2 is 2.09 bits per heavy atom. The molecule has 0 aliphatic heterocycles. The van der Waals surface area contributed by atoms with Gasteiger partial charge >= 0.3 is 0 Å². The first-order valence-electron chi connectivity index (χ1n) is 6.37. The number of nitro groups is 1. The molecule has 0 bridgehead atoms. The summed E-state index contributed by atoms with van der Waals surface area (Å²) in [6.07, 6.45) is 1.38. The highest BCUT2D eigenvalue weighted by Gasteiger charge is 2.12. The summed E-state index contributed by atoms with van der Waals surface area (Å²) in [7, 11) is 0. The fourth-order valence-electron chi connectivity index (χ4n) is 1.83. The fourth-order valence-corrected chi connectivity index (χ4v) is 2.08. The van der Waals surface area contributed by atoms with E-state index in [1.807, 2.05) is 0 Å². The molecule has 0 radical (unpaired) electrons. The van der Waals surface area contributed by atoms with Gasteiger partial charge in [-0.2, -0.15) is 0 Å². The van der Waals surface area contributed by atoms with Gasteiger partial charge in [0, 0.05) is 23.5 Å². The van der Waals surface area contributed by atoms with Crippen LogP contribution in [0.3, 0.4) is 0 Å². The number of halogens is 1. The lowest BCUT2D eigenvalue weighted by molar-refractivity contribution is -0.384. The molecule has 7 heteroatoms. The summed E-state index contributed by atoms with van der Waals surface area (Å²) in [5.74, 6) is 0.635. The van der Waals surface area contributed by atoms with Gasteiger partial charge in [-0.25, -0.2) is 0 Å². The molecule has 0 unspecified atom stereocenters. The number of nitrogens with one attached hydrogen (secondary N) is 1. The standard InChI is InChI=1S/C15H13ClN2O4/c1-9(7-14(19)15-6-3-10(2)22-15)17-11-4-5-13(18(20)21)12(16)8-11/h3-8,17H,1-2H3/b9-7+. The molecule has 114 valence electrons. The summed E-state index contributed by atoms with van der Waals surface area (Å²) in [5, 5.41) is 13.7. The van der Waals surface area contributed by atoms with Crippen molar-refractivity contribution in [2.45, 2.75) is 13.8 Å². The molecule has 0 aliphatic carbocycles. The molecule has 0 aliphatic rings. The van der Waals surface area contributed by atoms with E-state index in [1.165, 1.54) is 24.3 Å². The number of benzene rings is 1. The van der Waals surface area contributed by atoms with Crippen molar-refractivity contribution in [1.29, 1.82) is 0 Å². The van der Waals surface area contributed by atoms with Crippen molar-refractivity contribution < 1.29 is 14.1 Å². The smallest absolute Gasteiger partial charge is 0.288 e. The van der Waals surface area contributed by atoms with Crippen molar-refractivity contribution in [3.63, 3.8) is 0 Å². The summed E-state index contributed by atoms with van der Waals surface area (Å²) in [6.45, 7) is 3.45. The lowest BCUT2D eigenvalue weighted by atomic mass is 10.2. The van der Waals surface area contributed by atoms with E-state index in [1.54, 1.807) is 26.0 Å². The molecular formula is C15H13ClN2O4. The van der Waals surface area contributed by atoms with Gasteiger partial charge in [0.1, 0.15) is 10.8 Å². The van der Waals surface area contributed by atoms with E-state index in [0.29, 0.717) is 17.1 Å². The van der Waals surface area contributed by atoms with Crippen molar-refractivity contribution in [3.05, 3.63) is 68.8 Å². The number of allylic oxidation sites excluding steroid dienone is 2. The maximum Gasteiger partial charge on any atom is 0.288 e. The number of ketones is 1. The van der Waals surface area contributed by atoms with Gasteiger partial charge in [-0.1, -0.05) is 11.6 Å². The lowest BCUT2D eigenvalue weighted by Gasteiger charge is -2.06. The van der Waals surface area contributed by atoms with Gasteiger partial charge in [-0.05, 0) is 38.1 Å². The number of hydrogen-bond acceptors (Lipinski definition) is 5. The van der Waals surface area contributed by atoms with Crippen LogP contribution in [0.15, 0.2) is 46.5 Å². The summed E-state index contributed by atoms with van der Waals surface area (Å²) in [6, 6.07) is 7.56. The van der Waals surface area contributed by atoms with Crippen LogP contribution in [0.1, 0.15) is 23.2 Å². The van der Waals surface area contributed by atoms with E-state index in [9.17, 15) is 14.9 Å². The van der Waals surface area contributed by atoms with Crippen molar-refractivity contribution in [2.24, 2.45) is 0 Å². The Balaban J connectivity index is 2.13. The molecule has 2 aromatic rings. The number of rotatable bonds is 5. The first-order valence-corrected chi connectivity index (χ1v) is 6.74. The molecule has 0 atom stereocenters. The maximum atomic E-state index is 11.9. The summed E-state index contributed by atoms with van der Waals surface area (Å²) in [5.41, 5.74) is 0.938. The number of furan rings is 1. The maximum absolute atomic E-state index is 11.9. The number of nitrogens with zero attached hydrogens (tertiary/aromatic N) is 1. The Labute approximate surface area is 131 Å². The van der Waals surface area contributed by atoms with E-state index in [4.69, 9.17) is 16.0 Å². The molecule has 0 amide bonds. The van der Waals surface area contributed by atoms with Gasteiger partial charge in [0.05, 0.1) is 4.92 Å². The van der Waals surface area contributed by atoms with Crippen molar-refractivity contribution in [1.82, 2.24) is 0 Å². The lowest BCUT2D eigenvalue weighted by Crippen LogP contribution is -2.01. The zero-order chi connectivity index (χ0) is 16.3. The van der Waals surface area contributed by atoms with Gasteiger partial charge in [-0.15, -0.1) is 0 Å². The van der Waals surface area contributed by atoms with Crippen LogP contribution in [0.25, 0.3) is 0 Å².